The van der Waals surface area contributed by atoms with Gasteiger partial charge < -0.3 is 15.9 Å². The highest BCUT2D eigenvalue weighted by atomic mass is 32.2. The summed E-state index contributed by atoms with van der Waals surface area (Å²) < 4.78 is 0. The molecule has 0 spiro atoms. The van der Waals surface area contributed by atoms with Crippen molar-refractivity contribution < 1.29 is 24.6 Å². The summed E-state index contributed by atoms with van der Waals surface area (Å²) in [5, 5.41) is 16.4. The molecule has 0 amide bonds. The van der Waals surface area contributed by atoms with Crippen LogP contribution in [0.1, 0.15) is 71.6 Å². The van der Waals surface area contributed by atoms with E-state index in [1.54, 1.807) is 0 Å². The van der Waals surface area contributed by atoms with E-state index in [4.69, 9.17) is 15.9 Å². The number of fused-ring (bicyclic) bond motifs is 5. The molecule has 4 aliphatic carbocycles. The molecule has 4 aliphatic rings. The maximum Gasteiger partial charge on any atom is 0.328 e. The predicted octanol–water partition coefficient (Wildman–Crippen LogP) is 4.93. The van der Waals surface area contributed by atoms with Gasteiger partial charge in [0.15, 0.2) is 0 Å². The molecule has 7 atom stereocenters. The number of thioether (sulfide) groups is 1. The fraction of sp³-hybridized carbons (Fsp3) is 0.741. The Kier molecular flexibility index (Phi) is 8.72. The van der Waals surface area contributed by atoms with Gasteiger partial charge in [-0.05, 0) is 92.8 Å². The lowest BCUT2D eigenvalue weighted by atomic mass is 9.44. The Labute approximate surface area is 207 Å². The van der Waals surface area contributed by atoms with Gasteiger partial charge in [0.25, 0.3) is 0 Å². The van der Waals surface area contributed by atoms with Crippen LogP contribution in [0.15, 0.2) is 24.3 Å². The molecule has 6 nitrogen and oxygen atoms in total. The summed E-state index contributed by atoms with van der Waals surface area (Å²) in [4.78, 5) is 31.7. The maximum absolute atomic E-state index is 12.6. The second-order valence-electron chi connectivity index (χ2n) is 11.1. The minimum absolute atomic E-state index is 0.0140. The number of ketones is 1. The van der Waals surface area contributed by atoms with E-state index in [2.05, 4.69) is 32.2 Å². The van der Waals surface area contributed by atoms with Gasteiger partial charge in [0.1, 0.15) is 5.78 Å². The number of rotatable bonds is 6. The Morgan fingerprint density at radius 3 is 2.41 bits per heavy atom. The minimum atomic E-state index is -1.26. The van der Waals surface area contributed by atoms with Crippen LogP contribution in [-0.2, 0) is 14.4 Å². The topological polar surface area (TPSA) is 118 Å². The molecule has 0 aromatic heterocycles. The first-order valence-electron chi connectivity index (χ1n) is 12.7. The molecule has 4 N–H and O–H groups in total. The molecule has 0 aliphatic heterocycles. The Hall–Kier alpha value is -1.60. The van der Waals surface area contributed by atoms with E-state index < -0.39 is 11.9 Å². The molecule has 34 heavy (non-hydrogen) atoms. The van der Waals surface area contributed by atoms with Crippen molar-refractivity contribution in [2.75, 3.05) is 12.3 Å². The number of aliphatic carboxylic acids is 2. The highest BCUT2D eigenvalue weighted by Crippen LogP contribution is 2.66. The smallest absolute Gasteiger partial charge is 0.328 e. The number of carboxylic acids is 2. The molecule has 190 valence electrons. The average molecular weight is 492 g/mol. The van der Waals surface area contributed by atoms with Crippen molar-refractivity contribution in [2.45, 2.75) is 76.9 Å². The fourth-order valence-corrected chi connectivity index (χ4v) is 8.89. The van der Waals surface area contributed by atoms with E-state index in [1.807, 2.05) is 0 Å². The molecule has 4 fully saturated rings. The second-order valence-corrected chi connectivity index (χ2v) is 12.5. The van der Waals surface area contributed by atoms with Crippen molar-refractivity contribution in [3.8, 4) is 0 Å². The standard InChI is InChI=1S/C23H37NOS.C4H4O4/c1-15-13-17-18-5-6-21(25)23(18,3)10-8-19(17)22(2)9-7-16(14-20(15)22)26-12-4-11-24;5-3(6)1-2-4(7)8/h16-20H,1,4-14,24H2,2-3H3;1-2H,(H,5,6)(H,7,8)/b;2-1+/t16-,17+,18+,19+,20?,22-,23+;/m1./s1. The molecule has 4 rings (SSSR count). The van der Waals surface area contributed by atoms with E-state index >= 15 is 0 Å². The van der Waals surface area contributed by atoms with Crippen LogP contribution in [0.4, 0.5) is 0 Å². The third-order valence-corrected chi connectivity index (χ3v) is 10.8. The Morgan fingerprint density at radius 2 is 1.79 bits per heavy atom. The highest BCUT2D eigenvalue weighted by molar-refractivity contribution is 7.99. The first kappa shape index (κ1) is 27.0. The molecule has 0 bridgehead atoms. The van der Waals surface area contributed by atoms with Gasteiger partial charge in [-0.3, -0.25) is 4.79 Å². The van der Waals surface area contributed by atoms with Gasteiger partial charge in [-0.15, -0.1) is 0 Å². The van der Waals surface area contributed by atoms with Gasteiger partial charge in [0.2, 0.25) is 0 Å². The summed E-state index contributed by atoms with van der Waals surface area (Å²) in [6, 6.07) is 0. The predicted molar refractivity (Wildman–Crippen MR) is 136 cm³/mol. The number of carbonyl (C=O) groups is 3. The number of hydrogen-bond donors (Lipinski definition) is 3. The zero-order valence-electron chi connectivity index (χ0n) is 20.6. The number of allylic oxidation sites excluding steroid dienone is 1. The largest absolute Gasteiger partial charge is 0.478 e. The summed E-state index contributed by atoms with van der Waals surface area (Å²) in [5.41, 5.74) is 7.61. The number of hydrogen-bond acceptors (Lipinski definition) is 5. The van der Waals surface area contributed by atoms with Crippen LogP contribution in [0.3, 0.4) is 0 Å². The Bertz CT molecular complexity index is 825. The SMILES string of the molecule is C=C1C[C@@H]2[C@H](CC[C@]3(C)C(=O)CC[C@@H]23)[C@@]2(C)CC[C@@H](SCCCN)CC12.O=C(O)/C=C/C(=O)O. The van der Waals surface area contributed by atoms with Crippen molar-refractivity contribution in [3.63, 3.8) is 0 Å². The molecule has 0 aromatic carbocycles. The van der Waals surface area contributed by atoms with E-state index in [0.717, 1.165) is 49.3 Å². The number of carbonyl (C=O) groups excluding carboxylic acids is 1. The Balaban J connectivity index is 0.000000350. The number of nitrogens with two attached hydrogens (primary N) is 1. The minimum Gasteiger partial charge on any atom is -0.478 e. The van der Waals surface area contributed by atoms with Crippen LogP contribution >= 0.6 is 11.8 Å². The summed E-state index contributed by atoms with van der Waals surface area (Å²) in [5.74, 6) is 2.12. The van der Waals surface area contributed by atoms with E-state index in [9.17, 15) is 14.4 Å². The third kappa shape index (κ3) is 5.46. The summed E-state index contributed by atoms with van der Waals surface area (Å²) in [6.45, 7) is 10.3. The van der Waals surface area contributed by atoms with Crippen LogP contribution in [0.5, 0.6) is 0 Å². The van der Waals surface area contributed by atoms with E-state index in [0.29, 0.717) is 35.2 Å². The van der Waals surface area contributed by atoms with Crippen molar-refractivity contribution in [1.82, 2.24) is 0 Å². The van der Waals surface area contributed by atoms with Crippen molar-refractivity contribution >= 4 is 29.5 Å². The van der Waals surface area contributed by atoms with E-state index in [1.165, 1.54) is 43.4 Å². The van der Waals surface area contributed by atoms with Crippen LogP contribution in [0, 0.1) is 34.5 Å². The molecule has 0 radical (unpaired) electrons. The summed E-state index contributed by atoms with van der Waals surface area (Å²) in [7, 11) is 0. The molecule has 4 saturated carbocycles. The third-order valence-electron chi connectivity index (χ3n) is 9.35. The lowest BCUT2D eigenvalue weighted by molar-refractivity contribution is -0.135. The van der Waals surface area contributed by atoms with Crippen LogP contribution in [0.25, 0.3) is 0 Å². The van der Waals surface area contributed by atoms with Gasteiger partial charge in [-0.25, -0.2) is 9.59 Å². The highest BCUT2D eigenvalue weighted by Gasteiger charge is 2.60. The normalized spacial score (nSPS) is 39.0. The molecule has 0 saturated heterocycles. The van der Waals surface area contributed by atoms with Crippen LogP contribution in [0.2, 0.25) is 0 Å². The zero-order chi connectivity index (χ0) is 25.1. The maximum atomic E-state index is 12.6. The summed E-state index contributed by atoms with van der Waals surface area (Å²) in [6.07, 6.45) is 11.9. The van der Waals surface area contributed by atoms with E-state index in [-0.39, 0.29) is 5.41 Å². The monoisotopic (exact) mass is 491 g/mol. The lowest BCUT2D eigenvalue weighted by Gasteiger charge is -2.61. The van der Waals surface area contributed by atoms with Crippen molar-refractivity contribution in [1.29, 1.82) is 0 Å². The van der Waals surface area contributed by atoms with Gasteiger partial charge in [-0.2, -0.15) is 11.8 Å². The van der Waals surface area contributed by atoms with Gasteiger partial charge in [-0.1, -0.05) is 26.0 Å². The quantitative estimate of drug-likeness (QED) is 0.274. The average Bonchev–Trinajstić information content (AvgIpc) is 3.08. The summed E-state index contributed by atoms with van der Waals surface area (Å²) >= 11 is 2.16. The van der Waals surface area contributed by atoms with Gasteiger partial charge >= 0.3 is 11.9 Å². The van der Waals surface area contributed by atoms with Crippen LogP contribution < -0.4 is 5.73 Å². The molecule has 0 heterocycles. The van der Waals surface area contributed by atoms with Crippen molar-refractivity contribution in [2.24, 2.45) is 40.2 Å². The number of Topliss-reactive ketones (excluding diaryl/α,β-unsaturated/α-hetero) is 1. The molecule has 1 unspecified atom stereocenters. The molecular weight excluding hydrogens is 450 g/mol. The molecule has 0 aromatic rings. The second kappa shape index (κ2) is 11.0. The first-order chi connectivity index (χ1) is 16.0. The van der Waals surface area contributed by atoms with Crippen LogP contribution in [-0.4, -0.2) is 45.5 Å². The molecule has 7 heteroatoms. The van der Waals surface area contributed by atoms with Gasteiger partial charge in [0, 0.05) is 29.2 Å². The lowest BCUT2D eigenvalue weighted by Crippen LogP contribution is -2.54. The van der Waals surface area contributed by atoms with Crippen molar-refractivity contribution in [3.05, 3.63) is 24.3 Å². The zero-order valence-corrected chi connectivity index (χ0v) is 21.4. The Morgan fingerprint density at radius 1 is 1.12 bits per heavy atom. The number of carboxylic acid groups (broad SMARTS) is 2. The first-order valence-corrected chi connectivity index (χ1v) is 13.7. The fourth-order valence-electron chi connectivity index (χ4n) is 7.61. The van der Waals surface area contributed by atoms with Gasteiger partial charge in [0.05, 0.1) is 0 Å². The molecular formula is C27H41NO5S.